The van der Waals surface area contributed by atoms with E-state index in [2.05, 4.69) is 10.6 Å². The number of amides is 1. The maximum Gasteiger partial charge on any atom is 0.416 e. The maximum absolute atomic E-state index is 14.1. The fourth-order valence-electron chi connectivity index (χ4n) is 3.08. The quantitative estimate of drug-likeness (QED) is 0.205. The first-order valence-corrected chi connectivity index (χ1v) is 10.5. The molecule has 0 aliphatic heterocycles. The lowest BCUT2D eigenvalue weighted by molar-refractivity contribution is -0.137. The van der Waals surface area contributed by atoms with Crippen molar-refractivity contribution in [1.82, 2.24) is 0 Å². The van der Waals surface area contributed by atoms with Gasteiger partial charge in [-0.3, -0.25) is 4.79 Å². The highest BCUT2D eigenvalue weighted by molar-refractivity contribution is 5.97. The summed E-state index contributed by atoms with van der Waals surface area (Å²) >= 11 is 0. The van der Waals surface area contributed by atoms with Crippen LogP contribution >= 0.6 is 0 Å². The molecule has 4 N–H and O–H groups in total. The lowest BCUT2D eigenvalue weighted by atomic mass is 10.1. The predicted octanol–water partition coefficient (Wildman–Crippen LogP) is 6.48. The molecule has 0 saturated carbocycles. The largest absolute Gasteiger partial charge is 0.416 e. The molecule has 2 atom stereocenters. The Morgan fingerprint density at radius 3 is 2.31 bits per heavy atom. The molecule has 0 aromatic heterocycles. The zero-order chi connectivity index (χ0) is 23.7. The van der Waals surface area contributed by atoms with Gasteiger partial charge in [0.05, 0.1) is 16.9 Å². The molecule has 0 spiro atoms. The Morgan fingerprint density at radius 2 is 1.72 bits per heavy atom. The molecule has 0 unspecified atom stereocenters. The number of hydrogen-bond acceptors (Lipinski definition) is 3. The Bertz CT molecular complexity index is 871. The number of carbonyl (C=O) groups excluding carboxylic acids is 1. The molecule has 9 heteroatoms. The minimum Gasteiger partial charge on any atom is -0.397 e. The Hall–Kier alpha value is -2.84. The van der Waals surface area contributed by atoms with Gasteiger partial charge in [0.1, 0.15) is 6.17 Å². The molecular weight excluding hydrogens is 429 g/mol. The summed E-state index contributed by atoms with van der Waals surface area (Å²) in [4.78, 5) is 12.0. The van der Waals surface area contributed by atoms with Gasteiger partial charge in [0, 0.05) is 12.2 Å². The Labute approximate surface area is 184 Å². The number of alkyl halides is 5. The first-order valence-electron chi connectivity index (χ1n) is 10.5. The third-order valence-corrected chi connectivity index (χ3v) is 4.99. The molecule has 2 aromatic carbocycles. The number of benzene rings is 2. The van der Waals surface area contributed by atoms with E-state index in [1.54, 1.807) is 6.07 Å². The molecule has 176 valence electrons. The molecule has 0 aliphatic carbocycles. The van der Waals surface area contributed by atoms with Gasteiger partial charge in [-0.2, -0.15) is 13.2 Å². The third kappa shape index (κ3) is 7.69. The summed E-state index contributed by atoms with van der Waals surface area (Å²) < 4.78 is 65.9. The van der Waals surface area contributed by atoms with Crippen LogP contribution in [0.15, 0.2) is 42.5 Å². The monoisotopic (exact) mass is 457 g/mol. The van der Waals surface area contributed by atoms with Crippen LogP contribution in [0.2, 0.25) is 0 Å². The first kappa shape index (κ1) is 25.4. The standard InChI is InChI=1S/C23H28F5N3O/c1-2-3-4-5-6-18(24)21(25)22(32)31-20-12-11-17(13-19(20)29)30-14-15-7-9-16(10-8-15)23(26,27)28/h7-13,18,21,30H,2-6,14,29H2,1H3,(H,31,32)/t18-,21+/m0/s1. The molecule has 32 heavy (non-hydrogen) atoms. The van der Waals surface area contributed by atoms with Crippen LogP contribution in [0.3, 0.4) is 0 Å². The smallest absolute Gasteiger partial charge is 0.397 e. The van der Waals surface area contributed by atoms with Gasteiger partial charge in [0.25, 0.3) is 5.91 Å². The van der Waals surface area contributed by atoms with Crippen molar-refractivity contribution in [3.63, 3.8) is 0 Å². The van der Waals surface area contributed by atoms with Crippen molar-refractivity contribution >= 4 is 23.0 Å². The van der Waals surface area contributed by atoms with E-state index in [0.29, 0.717) is 17.7 Å². The molecule has 0 heterocycles. The van der Waals surface area contributed by atoms with Crippen LogP contribution in [0.25, 0.3) is 0 Å². The second-order valence-corrected chi connectivity index (χ2v) is 7.61. The van der Waals surface area contributed by atoms with E-state index in [-0.39, 0.29) is 24.3 Å². The topological polar surface area (TPSA) is 67.2 Å². The van der Waals surface area contributed by atoms with Gasteiger partial charge in [-0.1, -0.05) is 44.7 Å². The van der Waals surface area contributed by atoms with Crippen molar-refractivity contribution in [2.75, 3.05) is 16.4 Å². The average Bonchev–Trinajstić information content (AvgIpc) is 2.75. The van der Waals surface area contributed by atoms with Gasteiger partial charge in [-0.05, 0) is 42.3 Å². The van der Waals surface area contributed by atoms with Gasteiger partial charge in [0.15, 0.2) is 0 Å². The Kier molecular flexibility index (Phi) is 9.28. The van der Waals surface area contributed by atoms with E-state index in [0.717, 1.165) is 31.4 Å². The SMILES string of the molecule is CCCCCC[C@H](F)[C@@H](F)C(=O)Nc1ccc(NCc2ccc(C(F)(F)F)cc2)cc1N. The number of hydrogen-bond donors (Lipinski definition) is 3. The summed E-state index contributed by atoms with van der Waals surface area (Å²) in [6.07, 6.45) is -5.35. The van der Waals surface area contributed by atoms with Crippen LogP contribution in [0.4, 0.5) is 39.0 Å². The Balaban J connectivity index is 1.89. The van der Waals surface area contributed by atoms with Crippen LogP contribution in [-0.4, -0.2) is 18.3 Å². The fraction of sp³-hybridized carbons (Fsp3) is 0.435. The maximum atomic E-state index is 14.1. The number of halogens is 5. The summed E-state index contributed by atoms with van der Waals surface area (Å²) in [6.45, 7) is 2.26. The summed E-state index contributed by atoms with van der Waals surface area (Å²) in [5.74, 6) is -1.09. The molecule has 4 nitrogen and oxygen atoms in total. The van der Waals surface area contributed by atoms with E-state index in [1.165, 1.54) is 24.3 Å². The van der Waals surface area contributed by atoms with Crippen molar-refractivity contribution < 1.29 is 26.7 Å². The minimum atomic E-state index is -4.39. The fourth-order valence-corrected chi connectivity index (χ4v) is 3.08. The van der Waals surface area contributed by atoms with E-state index in [1.807, 2.05) is 6.92 Å². The highest BCUT2D eigenvalue weighted by Crippen LogP contribution is 2.29. The predicted molar refractivity (Wildman–Crippen MR) is 117 cm³/mol. The van der Waals surface area contributed by atoms with Gasteiger partial charge < -0.3 is 16.4 Å². The van der Waals surface area contributed by atoms with Gasteiger partial charge in [-0.15, -0.1) is 0 Å². The lowest BCUT2D eigenvalue weighted by Crippen LogP contribution is -2.32. The number of nitrogens with one attached hydrogen (secondary N) is 2. The normalized spacial score (nSPS) is 13.4. The van der Waals surface area contributed by atoms with E-state index in [4.69, 9.17) is 5.73 Å². The molecular formula is C23H28F5N3O. The zero-order valence-corrected chi connectivity index (χ0v) is 17.8. The van der Waals surface area contributed by atoms with Gasteiger partial charge >= 0.3 is 6.18 Å². The third-order valence-electron chi connectivity index (χ3n) is 4.99. The summed E-state index contributed by atoms with van der Waals surface area (Å²) in [5, 5.41) is 5.31. The van der Waals surface area contributed by atoms with E-state index < -0.39 is 30.0 Å². The summed E-state index contributed by atoms with van der Waals surface area (Å²) in [5.41, 5.74) is 6.64. The van der Waals surface area contributed by atoms with Crippen LogP contribution in [0.5, 0.6) is 0 Å². The van der Waals surface area contributed by atoms with Crippen LogP contribution in [0.1, 0.15) is 50.2 Å². The lowest BCUT2D eigenvalue weighted by Gasteiger charge is -2.15. The number of rotatable bonds is 11. The Morgan fingerprint density at radius 1 is 1.03 bits per heavy atom. The zero-order valence-electron chi connectivity index (χ0n) is 17.8. The van der Waals surface area contributed by atoms with Crippen molar-refractivity contribution in [2.24, 2.45) is 0 Å². The van der Waals surface area contributed by atoms with Crippen LogP contribution < -0.4 is 16.4 Å². The number of unbranched alkanes of at least 4 members (excludes halogenated alkanes) is 3. The molecule has 0 radical (unpaired) electrons. The minimum absolute atomic E-state index is 0.0170. The van der Waals surface area contributed by atoms with Gasteiger partial charge in [0.2, 0.25) is 6.17 Å². The van der Waals surface area contributed by atoms with Crippen molar-refractivity contribution in [3.8, 4) is 0 Å². The second-order valence-electron chi connectivity index (χ2n) is 7.61. The van der Waals surface area contributed by atoms with Gasteiger partial charge in [-0.25, -0.2) is 8.78 Å². The molecule has 0 saturated heterocycles. The summed E-state index contributed by atoms with van der Waals surface area (Å²) in [6, 6.07) is 9.24. The average molecular weight is 457 g/mol. The number of carbonyl (C=O) groups is 1. The van der Waals surface area contributed by atoms with Crippen molar-refractivity contribution in [2.45, 2.75) is 64.1 Å². The van der Waals surface area contributed by atoms with Crippen LogP contribution in [0, 0.1) is 0 Å². The highest BCUT2D eigenvalue weighted by atomic mass is 19.4. The molecule has 1 amide bonds. The molecule has 2 rings (SSSR count). The van der Waals surface area contributed by atoms with Crippen molar-refractivity contribution in [1.29, 1.82) is 0 Å². The first-order chi connectivity index (χ1) is 15.1. The number of anilines is 3. The molecule has 0 aliphatic rings. The highest BCUT2D eigenvalue weighted by Gasteiger charge is 2.30. The van der Waals surface area contributed by atoms with Crippen LogP contribution in [-0.2, 0) is 17.5 Å². The molecule has 0 bridgehead atoms. The number of nitrogen functional groups attached to an aromatic ring is 1. The van der Waals surface area contributed by atoms with E-state index in [9.17, 15) is 26.7 Å². The second kappa shape index (κ2) is 11.7. The molecule has 2 aromatic rings. The number of nitrogens with two attached hydrogens (primary N) is 1. The van der Waals surface area contributed by atoms with E-state index >= 15 is 0 Å². The van der Waals surface area contributed by atoms with Crippen molar-refractivity contribution in [3.05, 3.63) is 53.6 Å². The summed E-state index contributed by atoms with van der Waals surface area (Å²) in [7, 11) is 0. The molecule has 0 fully saturated rings.